The third-order valence-electron chi connectivity index (χ3n) is 7.66. The Morgan fingerprint density at radius 3 is 2.49 bits per heavy atom. The predicted molar refractivity (Wildman–Crippen MR) is 139 cm³/mol. The van der Waals surface area contributed by atoms with Crippen LogP contribution in [-0.2, 0) is 10.9 Å². The molecule has 1 unspecified atom stereocenters. The number of amides is 1. The molecule has 5 heterocycles. The summed E-state index contributed by atoms with van der Waals surface area (Å²) in [4.78, 5) is 29.5. The van der Waals surface area contributed by atoms with Crippen LogP contribution in [-0.4, -0.2) is 84.8 Å². The van der Waals surface area contributed by atoms with Crippen LogP contribution in [0.1, 0.15) is 27.8 Å². The minimum atomic E-state index is -4.63. The van der Waals surface area contributed by atoms with Crippen molar-refractivity contribution in [2.45, 2.75) is 12.2 Å². The van der Waals surface area contributed by atoms with Crippen molar-refractivity contribution in [3.8, 4) is 0 Å². The van der Waals surface area contributed by atoms with Crippen LogP contribution in [0.15, 0.2) is 36.7 Å². The summed E-state index contributed by atoms with van der Waals surface area (Å²) in [6.45, 7) is 6.14. The Labute approximate surface area is 227 Å². The van der Waals surface area contributed by atoms with E-state index < -0.39 is 23.9 Å². The Morgan fingerprint density at radius 2 is 1.85 bits per heavy atom. The Hall–Kier alpha value is -3.06. The number of benzene rings is 1. The summed E-state index contributed by atoms with van der Waals surface area (Å²) in [5.74, 6) is -0.735. The molecule has 6 rings (SSSR count). The summed E-state index contributed by atoms with van der Waals surface area (Å²) in [6, 6.07) is 6.79. The summed E-state index contributed by atoms with van der Waals surface area (Å²) >= 11 is 6.48. The number of morpholine rings is 1. The lowest BCUT2D eigenvalue weighted by atomic mass is 9.74. The summed E-state index contributed by atoms with van der Waals surface area (Å²) in [7, 11) is 0. The van der Waals surface area contributed by atoms with E-state index in [1.165, 1.54) is 0 Å². The monoisotopic (exact) mass is 561 g/mol. The van der Waals surface area contributed by atoms with Gasteiger partial charge < -0.3 is 20.3 Å². The molecule has 1 amide bonds. The Balaban J connectivity index is 1.21. The van der Waals surface area contributed by atoms with Crippen molar-refractivity contribution in [3.05, 3.63) is 58.6 Å². The number of hydrogen-bond acceptors (Lipinski definition) is 8. The first-order chi connectivity index (χ1) is 18.7. The number of fused-ring (bicyclic) bond motifs is 1. The van der Waals surface area contributed by atoms with Crippen LogP contribution >= 0.6 is 11.6 Å². The zero-order valence-electron chi connectivity index (χ0n) is 21.0. The highest BCUT2D eigenvalue weighted by Gasteiger charge is 2.48. The predicted octanol–water partition coefficient (Wildman–Crippen LogP) is 2.91. The van der Waals surface area contributed by atoms with Gasteiger partial charge in [-0.1, -0.05) is 11.6 Å². The molecule has 9 nitrogen and oxygen atoms in total. The van der Waals surface area contributed by atoms with Crippen molar-refractivity contribution >= 4 is 34.2 Å². The first kappa shape index (κ1) is 26.2. The number of rotatable bonds is 6. The number of alkyl halides is 3. The highest BCUT2D eigenvalue weighted by atomic mass is 35.5. The van der Waals surface area contributed by atoms with E-state index in [0.29, 0.717) is 58.8 Å². The van der Waals surface area contributed by atoms with E-state index in [9.17, 15) is 18.0 Å². The summed E-state index contributed by atoms with van der Waals surface area (Å²) in [5.41, 5.74) is 1.79. The number of carbonyl (C=O) groups is 1. The van der Waals surface area contributed by atoms with E-state index in [2.05, 4.69) is 25.5 Å². The molecule has 2 aromatic heterocycles. The number of aromatic nitrogens is 3. The lowest BCUT2D eigenvalue weighted by molar-refractivity contribution is -0.145. The fourth-order valence-corrected chi connectivity index (χ4v) is 5.73. The van der Waals surface area contributed by atoms with Gasteiger partial charge in [0.2, 0.25) is 5.82 Å². The Morgan fingerprint density at radius 1 is 1.13 bits per heavy atom. The molecule has 3 saturated heterocycles. The average Bonchev–Trinajstić information content (AvgIpc) is 2.87. The van der Waals surface area contributed by atoms with Gasteiger partial charge in [0.25, 0.3) is 5.91 Å². The molecular weight excluding hydrogens is 535 g/mol. The van der Waals surface area contributed by atoms with E-state index in [1.807, 2.05) is 17.0 Å². The highest BCUT2D eigenvalue weighted by Crippen LogP contribution is 2.37. The maximum atomic E-state index is 13.4. The normalized spacial score (nSPS) is 19.9. The zero-order chi connectivity index (χ0) is 27.2. The molecule has 3 aromatic rings. The van der Waals surface area contributed by atoms with Crippen LogP contribution in [0.2, 0.25) is 5.02 Å². The number of nitrogens with one attached hydrogen (secondary N) is 2. The molecule has 206 valence electrons. The Kier molecular flexibility index (Phi) is 6.82. The van der Waals surface area contributed by atoms with Crippen molar-refractivity contribution in [2.24, 2.45) is 5.41 Å². The lowest BCUT2D eigenvalue weighted by Crippen LogP contribution is -2.71. The van der Waals surface area contributed by atoms with Gasteiger partial charge in [-0.2, -0.15) is 13.2 Å². The molecule has 1 aromatic carbocycles. The van der Waals surface area contributed by atoms with Gasteiger partial charge in [-0.3, -0.25) is 9.69 Å². The zero-order valence-corrected chi connectivity index (χ0v) is 21.7. The minimum absolute atomic E-state index is 0.121. The van der Waals surface area contributed by atoms with Crippen molar-refractivity contribution in [3.63, 3.8) is 0 Å². The van der Waals surface area contributed by atoms with Gasteiger partial charge in [0.1, 0.15) is 5.82 Å². The lowest BCUT2D eigenvalue weighted by Gasteiger charge is -2.56. The van der Waals surface area contributed by atoms with E-state index in [4.69, 9.17) is 21.3 Å². The molecule has 0 radical (unpaired) electrons. The van der Waals surface area contributed by atoms with Crippen LogP contribution < -0.4 is 15.5 Å². The van der Waals surface area contributed by atoms with Crippen molar-refractivity contribution < 1.29 is 22.7 Å². The summed E-state index contributed by atoms with van der Waals surface area (Å²) in [6.07, 6.45) is -2.30. The molecule has 0 bridgehead atoms. The molecule has 3 fully saturated rings. The highest BCUT2D eigenvalue weighted by molar-refractivity contribution is 6.35. The second-order valence-corrected chi connectivity index (χ2v) is 10.7. The number of nitrogens with zero attached hydrogens (tertiary/aromatic N) is 5. The molecule has 1 atom stereocenters. The number of anilines is 1. The summed E-state index contributed by atoms with van der Waals surface area (Å²) < 4.78 is 44.4. The van der Waals surface area contributed by atoms with E-state index in [-0.39, 0.29) is 6.54 Å². The molecule has 3 aliphatic rings. The largest absolute Gasteiger partial charge is 0.451 e. The molecule has 0 saturated carbocycles. The van der Waals surface area contributed by atoms with E-state index in [0.717, 1.165) is 44.4 Å². The van der Waals surface area contributed by atoms with Crippen molar-refractivity contribution in [1.29, 1.82) is 0 Å². The number of halogens is 4. The molecular formula is C26H27ClF3N7O2. The van der Waals surface area contributed by atoms with Gasteiger partial charge in [-0.25, -0.2) is 15.0 Å². The molecule has 13 heteroatoms. The first-order valence-corrected chi connectivity index (χ1v) is 13.1. The van der Waals surface area contributed by atoms with Crippen molar-refractivity contribution in [1.82, 2.24) is 30.5 Å². The van der Waals surface area contributed by atoms with Gasteiger partial charge in [0.15, 0.2) is 0 Å². The number of ether oxygens (including phenoxy) is 1. The molecule has 1 spiro atoms. The number of carbonyl (C=O) groups excluding carboxylic acids is 1. The molecule has 39 heavy (non-hydrogen) atoms. The van der Waals surface area contributed by atoms with Gasteiger partial charge >= 0.3 is 6.18 Å². The van der Waals surface area contributed by atoms with Gasteiger partial charge in [0.05, 0.1) is 35.4 Å². The smallest absolute Gasteiger partial charge is 0.379 e. The third-order valence-corrected chi connectivity index (χ3v) is 7.98. The van der Waals surface area contributed by atoms with Crippen LogP contribution in [0.5, 0.6) is 0 Å². The van der Waals surface area contributed by atoms with Crippen LogP contribution in [0.3, 0.4) is 0 Å². The van der Waals surface area contributed by atoms with Crippen molar-refractivity contribution in [2.75, 3.05) is 63.9 Å². The SMILES string of the molecule is O=C(NCC(c1cnc(C(F)(F)F)nc1)N1CCOCC1)c1c(Cl)ccc2nc(N3CC4(CNC4)C3)ccc12. The van der Waals surface area contributed by atoms with Crippen LogP contribution in [0.25, 0.3) is 10.9 Å². The van der Waals surface area contributed by atoms with E-state index >= 15 is 0 Å². The number of pyridine rings is 1. The Bertz CT molecular complexity index is 1370. The minimum Gasteiger partial charge on any atom is -0.379 e. The third kappa shape index (κ3) is 5.13. The standard InChI is InChI=1S/C26H27ClF3N7O2/c27-18-2-3-19-17(1-4-21(35-19)37-14-25(15-37)12-31-13-25)22(18)23(38)32-11-20(36-5-7-39-8-6-36)16-9-33-24(34-10-16)26(28,29)30/h1-4,9-10,20,31H,5-8,11-15H2,(H,32,38). The first-order valence-electron chi connectivity index (χ1n) is 12.8. The molecule has 3 aliphatic heterocycles. The fraction of sp³-hybridized carbons (Fsp3) is 0.462. The second-order valence-electron chi connectivity index (χ2n) is 10.3. The van der Waals surface area contributed by atoms with E-state index in [1.54, 1.807) is 12.1 Å². The molecule has 0 aliphatic carbocycles. The average molecular weight is 562 g/mol. The van der Waals surface area contributed by atoms with Gasteiger partial charge in [-0.05, 0) is 24.3 Å². The topological polar surface area (TPSA) is 95.5 Å². The summed E-state index contributed by atoms with van der Waals surface area (Å²) in [5, 5.41) is 7.17. The van der Waals surface area contributed by atoms with Crippen LogP contribution in [0.4, 0.5) is 19.0 Å². The van der Waals surface area contributed by atoms with Crippen LogP contribution in [0, 0.1) is 5.41 Å². The van der Waals surface area contributed by atoms with Gasteiger partial charge in [0, 0.05) is 74.6 Å². The maximum absolute atomic E-state index is 13.4. The van der Waals surface area contributed by atoms with Gasteiger partial charge in [-0.15, -0.1) is 0 Å². The fourth-order valence-electron chi connectivity index (χ4n) is 5.48. The quantitative estimate of drug-likeness (QED) is 0.474. The second kappa shape index (κ2) is 10.2. The number of hydrogen-bond donors (Lipinski definition) is 2. The molecule has 2 N–H and O–H groups in total. The maximum Gasteiger partial charge on any atom is 0.451 e.